The van der Waals surface area contributed by atoms with E-state index >= 15 is 0 Å². The summed E-state index contributed by atoms with van der Waals surface area (Å²) in [4.78, 5) is 14.2. The molecule has 20 heavy (non-hydrogen) atoms. The molecule has 0 radical (unpaired) electrons. The number of rotatable bonds is 3. The molecule has 1 saturated heterocycles. The molecule has 0 aromatic heterocycles. The zero-order chi connectivity index (χ0) is 14.4. The molecule has 2 rings (SSSR count). The average Bonchev–Trinajstić information content (AvgIpc) is 2.53. The number of nitriles is 1. The molecule has 104 valence electrons. The number of likely N-dealkylation sites (tertiary alicyclic amines) is 1. The first-order chi connectivity index (χ1) is 9.74. The fraction of sp³-hybridized carbons (Fsp3) is 0.412. The first-order valence-electron chi connectivity index (χ1n) is 7.19. The lowest BCUT2D eigenvalue weighted by molar-refractivity contribution is -0.127. The number of carbonyl (C=O) groups excluding carboxylic acids is 1. The highest BCUT2D eigenvalue weighted by atomic mass is 16.2. The third-order valence-electron chi connectivity index (χ3n) is 3.81. The monoisotopic (exact) mass is 268 g/mol. The fourth-order valence-corrected chi connectivity index (χ4v) is 2.51. The van der Waals surface area contributed by atoms with Crippen molar-refractivity contribution >= 4 is 11.5 Å². The maximum absolute atomic E-state index is 12.3. The topological polar surface area (TPSA) is 44.1 Å². The van der Waals surface area contributed by atoms with E-state index in [0.717, 1.165) is 30.4 Å². The van der Waals surface area contributed by atoms with Gasteiger partial charge in [-0.3, -0.25) is 4.79 Å². The number of benzene rings is 1. The van der Waals surface area contributed by atoms with Crippen molar-refractivity contribution in [3.63, 3.8) is 0 Å². The van der Waals surface area contributed by atoms with E-state index < -0.39 is 0 Å². The van der Waals surface area contributed by atoms with Crippen LogP contribution < -0.4 is 0 Å². The van der Waals surface area contributed by atoms with Gasteiger partial charge in [0.15, 0.2) is 0 Å². The second kappa shape index (κ2) is 6.91. The third kappa shape index (κ3) is 3.48. The van der Waals surface area contributed by atoms with Crippen LogP contribution >= 0.6 is 0 Å². The quantitative estimate of drug-likeness (QED) is 0.790. The molecule has 0 spiro atoms. The molecule has 0 N–H and O–H groups in total. The van der Waals surface area contributed by atoms with E-state index in [2.05, 4.69) is 13.0 Å². The van der Waals surface area contributed by atoms with E-state index in [4.69, 9.17) is 5.26 Å². The highest BCUT2D eigenvalue weighted by Crippen LogP contribution is 2.20. The molecule has 1 aromatic rings. The minimum Gasteiger partial charge on any atom is -0.339 e. The van der Waals surface area contributed by atoms with Gasteiger partial charge in [-0.25, -0.2) is 0 Å². The van der Waals surface area contributed by atoms with Crippen LogP contribution in [0, 0.1) is 17.2 Å². The lowest BCUT2D eigenvalue weighted by Gasteiger charge is -2.28. The molecule has 3 nitrogen and oxygen atoms in total. The summed E-state index contributed by atoms with van der Waals surface area (Å²) in [5.41, 5.74) is 2.17. The molecule has 1 heterocycles. The van der Waals surface area contributed by atoms with Crippen molar-refractivity contribution in [1.82, 2.24) is 4.90 Å². The van der Waals surface area contributed by atoms with Gasteiger partial charge < -0.3 is 4.90 Å². The summed E-state index contributed by atoms with van der Waals surface area (Å²) in [6, 6.07) is 12.3. The predicted octanol–water partition coefficient (Wildman–Crippen LogP) is 3.24. The largest absolute Gasteiger partial charge is 0.339 e. The molecule has 0 unspecified atom stereocenters. The van der Waals surface area contributed by atoms with Gasteiger partial charge >= 0.3 is 0 Å². The summed E-state index contributed by atoms with van der Waals surface area (Å²) in [5.74, 6) is 0.185. The van der Waals surface area contributed by atoms with Crippen molar-refractivity contribution in [3.05, 3.63) is 42.0 Å². The zero-order valence-corrected chi connectivity index (χ0v) is 11.9. The van der Waals surface area contributed by atoms with Gasteiger partial charge in [0, 0.05) is 25.1 Å². The molecular weight excluding hydrogens is 248 g/mol. The SMILES string of the molecule is CC/C(=C\C(=O)N1CCC(C#N)CC1)c1ccccc1. The lowest BCUT2D eigenvalue weighted by Crippen LogP contribution is -2.37. The minimum atomic E-state index is 0.0714. The number of allylic oxidation sites excluding steroid dienone is 1. The van der Waals surface area contributed by atoms with Crippen LogP contribution in [0.1, 0.15) is 31.7 Å². The van der Waals surface area contributed by atoms with Crippen molar-refractivity contribution in [3.8, 4) is 6.07 Å². The van der Waals surface area contributed by atoms with Crippen molar-refractivity contribution in [2.24, 2.45) is 5.92 Å². The molecule has 1 aromatic carbocycles. The molecule has 1 fully saturated rings. The van der Waals surface area contributed by atoms with Gasteiger partial charge in [0.05, 0.1) is 6.07 Å². The lowest BCUT2D eigenvalue weighted by atomic mass is 9.98. The standard InChI is InChI=1S/C17H20N2O/c1-2-15(16-6-4-3-5-7-16)12-17(20)19-10-8-14(13-18)9-11-19/h3-7,12,14H,2,8-11H2,1H3/b15-12+. The fourth-order valence-electron chi connectivity index (χ4n) is 2.51. The summed E-state index contributed by atoms with van der Waals surface area (Å²) < 4.78 is 0. The summed E-state index contributed by atoms with van der Waals surface area (Å²) in [7, 11) is 0. The smallest absolute Gasteiger partial charge is 0.246 e. The Bertz CT molecular complexity index is 520. The Balaban J connectivity index is 2.06. The van der Waals surface area contributed by atoms with Crippen molar-refractivity contribution in [1.29, 1.82) is 5.26 Å². The van der Waals surface area contributed by atoms with Gasteiger partial charge in [-0.05, 0) is 30.4 Å². The molecule has 1 aliphatic heterocycles. The van der Waals surface area contributed by atoms with Crippen LogP contribution in [0.15, 0.2) is 36.4 Å². The van der Waals surface area contributed by atoms with Gasteiger partial charge in [0.2, 0.25) is 5.91 Å². The number of hydrogen-bond acceptors (Lipinski definition) is 2. The average molecular weight is 268 g/mol. The Morgan fingerprint density at radius 1 is 1.35 bits per heavy atom. The number of hydrogen-bond donors (Lipinski definition) is 0. The number of nitrogens with zero attached hydrogens (tertiary/aromatic N) is 2. The maximum atomic E-state index is 12.3. The minimum absolute atomic E-state index is 0.0714. The molecule has 0 atom stereocenters. The second-order valence-corrected chi connectivity index (χ2v) is 5.12. The number of carbonyl (C=O) groups is 1. The van der Waals surface area contributed by atoms with Crippen LogP contribution in [0.25, 0.3) is 5.57 Å². The molecule has 1 aliphatic rings. The van der Waals surface area contributed by atoms with Crippen LogP contribution in [-0.2, 0) is 4.79 Å². The molecule has 0 aliphatic carbocycles. The van der Waals surface area contributed by atoms with Crippen LogP contribution in [0.3, 0.4) is 0 Å². The summed E-state index contributed by atoms with van der Waals surface area (Å²) >= 11 is 0. The maximum Gasteiger partial charge on any atom is 0.246 e. The highest BCUT2D eigenvalue weighted by Gasteiger charge is 2.21. The van der Waals surface area contributed by atoms with Gasteiger partial charge in [-0.1, -0.05) is 37.3 Å². The molecule has 1 amide bonds. The van der Waals surface area contributed by atoms with Crippen molar-refractivity contribution in [2.45, 2.75) is 26.2 Å². The van der Waals surface area contributed by atoms with E-state index in [9.17, 15) is 4.79 Å². The normalized spacial score (nSPS) is 16.8. The van der Waals surface area contributed by atoms with E-state index in [-0.39, 0.29) is 11.8 Å². The van der Waals surface area contributed by atoms with E-state index in [1.165, 1.54) is 0 Å². The van der Waals surface area contributed by atoms with Crippen molar-refractivity contribution < 1.29 is 4.79 Å². The van der Waals surface area contributed by atoms with Crippen LogP contribution in [0.5, 0.6) is 0 Å². The summed E-state index contributed by atoms with van der Waals surface area (Å²) in [5, 5.41) is 8.88. The van der Waals surface area contributed by atoms with Gasteiger partial charge in [0.1, 0.15) is 0 Å². The Kier molecular flexibility index (Phi) is 4.95. The Hall–Kier alpha value is -2.08. The number of piperidine rings is 1. The van der Waals surface area contributed by atoms with Crippen LogP contribution in [0.4, 0.5) is 0 Å². The van der Waals surface area contributed by atoms with Crippen molar-refractivity contribution in [2.75, 3.05) is 13.1 Å². The second-order valence-electron chi connectivity index (χ2n) is 5.12. The van der Waals surface area contributed by atoms with E-state index in [1.807, 2.05) is 35.2 Å². The predicted molar refractivity (Wildman–Crippen MR) is 79.6 cm³/mol. The van der Waals surface area contributed by atoms with Gasteiger partial charge in [-0.2, -0.15) is 5.26 Å². The Morgan fingerprint density at radius 2 is 2.00 bits per heavy atom. The first-order valence-corrected chi connectivity index (χ1v) is 7.19. The Morgan fingerprint density at radius 3 is 2.55 bits per heavy atom. The van der Waals surface area contributed by atoms with Gasteiger partial charge in [0.25, 0.3) is 0 Å². The summed E-state index contributed by atoms with van der Waals surface area (Å²) in [6.07, 6.45) is 4.18. The first kappa shape index (κ1) is 14.3. The molecular formula is C17H20N2O. The zero-order valence-electron chi connectivity index (χ0n) is 11.9. The molecule has 3 heteroatoms. The molecule has 0 saturated carbocycles. The molecule has 0 bridgehead atoms. The van der Waals surface area contributed by atoms with E-state index in [0.29, 0.717) is 13.1 Å². The van der Waals surface area contributed by atoms with Crippen LogP contribution in [-0.4, -0.2) is 23.9 Å². The highest BCUT2D eigenvalue weighted by molar-refractivity contribution is 5.95. The Labute approximate surface area is 120 Å². The third-order valence-corrected chi connectivity index (χ3v) is 3.81. The van der Waals surface area contributed by atoms with Crippen LogP contribution in [0.2, 0.25) is 0 Å². The van der Waals surface area contributed by atoms with E-state index in [1.54, 1.807) is 6.08 Å². The number of amides is 1. The summed E-state index contributed by atoms with van der Waals surface area (Å²) in [6.45, 7) is 3.45. The van der Waals surface area contributed by atoms with Gasteiger partial charge in [-0.15, -0.1) is 0 Å².